The van der Waals surface area contributed by atoms with Crippen molar-refractivity contribution in [2.24, 2.45) is 0 Å². The Morgan fingerprint density at radius 2 is 1.69 bits per heavy atom. The van der Waals surface area contributed by atoms with Gasteiger partial charge < -0.3 is 14.9 Å². The second-order valence-corrected chi connectivity index (χ2v) is 2.19. The van der Waals surface area contributed by atoms with E-state index in [1.807, 2.05) is 27.7 Å². The fourth-order valence-electron chi connectivity index (χ4n) is 0.811. The van der Waals surface area contributed by atoms with Gasteiger partial charge in [-0.3, -0.25) is 0 Å². The first-order valence-electron chi connectivity index (χ1n) is 5.25. The number of ether oxygens (including phenoxy) is 1. The minimum Gasteiger partial charge on any atom is -0.504 e. The number of phenolic OH excluding ortho intramolecular Hbond substituents is 1. The maximum absolute atomic E-state index is 10.4. The average molecular weight is 228 g/mol. The molecule has 1 aromatic carbocycles. The van der Waals surface area contributed by atoms with Crippen molar-refractivity contribution in [2.45, 2.75) is 27.7 Å². The molecule has 92 valence electrons. The topological polar surface area (TPSA) is 66.8 Å². The van der Waals surface area contributed by atoms with Gasteiger partial charge in [0.2, 0.25) is 0 Å². The first kappa shape index (κ1) is 16.7. The van der Waals surface area contributed by atoms with Gasteiger partial charge in [-0.2, -0.15) is 0 Å². The molecule has 1 rings (SSSR count). The molecular weight excluding hydrogens is 208 g/mol. The van der Waals surface area contributed by atoms with Gasteiger partial charge in [-0.25, -0.2) is 4.79 Å². The molecule has 0 spiro atoms. The third-order valence-corrected chi connectivity index (χ3v) is 1.43. The van der Waals surface area contributed by atoms with Gasteiger partial charge in [-0.15, -0.1) is 0 Å². The van der Waals surface area contributed by atoms with Gasteiger partial charge >= 0.3 is 5.97 Å². The summed E-state index contributed by atoms with van der Waals surface area (Å²) in [5.74, 6) is -0.953. The minimum absolute atomic E-state index is 0.0671. The zero-order valence-corrected chi connectivity index (χ0v) is 10.4. The highest BCUT2D eigenvalue weighted by Gasteiger charge is 2.06. The number of aromatic hydroxyl groups is 1. The molecule has 0 amide bonds. The Balaban J connectivity index is 0. The maximum atomic E-state index is 10.4. The van der Waals surface area contributed by atoms with Crippen molar-refractivity contribution in [2.75, 3.05) is 7.11 Å². The fraction of sp³-hybridized carbons (Fsp3) is 0.417. The first-order chi connectivity index (χ1) is 7.65. The number of hydrogen-bond donors (Lipinski definition) is 2. The SMILES string of the molecule is CC.CC.COc1cc(C(=O)O)ccc1O. The highest BCUT2D eigenvalue weighted by atomic mass is 16.5. The van der Waals surface area contributed by atoms with Crippen molar-refractivity contribution >= 4 is 5.97 Å². The van der Waals surface area contributed by atoms with Gasteiger partial charge in [-0.1, -0.05) is 27.7 Å². The van der Waals surface area contributed by atoms with Crippen LogP contribution in [-0.2, 0) is 0 Å². The van der Waals surface area contributed by atoms with Crippen LogP contribution in [0.15, 0.2) is 18.2 Å². The number of hydrogen-bond acceptors (Lipinski definition) is 3. The van der Waals surface area contributed by atoms with Crippen LogP contribution in [0.3, 0.4) is 0 Å². The lowest BCUT2D eigenvalue weighted by atomic mass is 10.2. The van der Waals surface area contributed by atoms with E-state index in [4.69, 9.17) is 14.9 Å². The van der Waals surface area contributed by atoms with Gasteiger partial charge in [0.25, 0.3) is 0 Å². The van der Waals surface area contributed by atoms with Crippen molar-refractivity contribution in [3.63, 3.8) is 0 Å². The quantitative estimate of drug-likeness (QED) is 0.816. The van der Waals surface area contributed by atoms with Crippen molar-refractivity contribution < 1.29 is 19.7 Å². The third kappa shape index (κ3) is 5.24. The van der Waals surface area contributed by atoms with E-state index in [0.717, 1.165) is 0 Å². The zero-order valence-electron chi connectivity index (χ0n) is 10.4. The molecule has 0 saturated heterocycles. The van der Waals surface area contributed by atoms with E-state index in [9.17, 15) is 4.79 Å². The average Bonchev–Trinajstić information content (AvgIpc) is 2.34. The molecule has 2 N–H and O–H groups in total. The summed E-state index contributed by atoms with van der Waals surface area (Å²) in [4.78, 5) is 10.4. The molecule has 0 aliphatic heterocycles. The van der Waals surface area contributed by atoms with Crippen molar-refractivity contribution in [1.29, 1.82) is 0 Å². The first-order valence-corrected chi connectivity index (χ1v) is 5.25. The molecule has 0 aromatic heterocycles. The Labute approximate surface area is 96.5 Å². The molecule has 4 heteroatoms. The summed E-state index contributed by atoms with van der Waals surface area (Å²) in [5.41, 5.74) is 0.0876. The Morgan fingerprint density at radius 1 is 1.19 bits per heavy atom. The fourth-order valence-corrected chi connectivity index (χ4v) is 0.811. The molecule has 0 bridgehead atoms. The van der Waals surface area contributed by atoms with Gasteiger partial charge in [0.05, 0.1) is 12.7 Å². The third-order valence-electron chi connectivity index (χ3n) is 1.43. The largest absolute Gasteiger partial charge is 0.504 e. The molecule has 16 heavy (non-hydrogen) atoms. The molecule has 0 heterocycles. The number of phenols is 1. The van der Waals surface area contributed by atoms with E-state index in [-0.39, 0.29) is 17.1 Å². The standard InChI is InChI=1S/C8H8O4.2C2H6/c1-12-7-4-5(8(10)11)2-3-6(7)9;2*1-2/h2-4,9H,1H3,(H,10,11);2*1-2H3. The second kappa shape index (κ2) is 9.83. The molecule has 0 aliphatic rings. The van der Waals surface area contributed by atoms with Gasteiger partial charge in [-0.05, 0) is 18.2 Å². The summed E-state index contributed by atoms with van der Waals surface area (Å²) in [6.45, 7) is 8.00. The predicted octanol–water partition coefficient (Wildman–Crippen LogP) is 3.15. The molecule has 0 saturated carbocycles. The van der Waals surface area contributed by atoms with Crippen LogP contribution in [0.1, 0.15) is 38.1 Å². The lowest BCUT2D eigenvalue weighted by molar-refractivity contribution is 0.0696. The van der Waals surface area contributed by atoms with E-state index < -0.39 is 5.97 Å². The van der Waals surface area contributed by atoms with Crippen molar-refractivity contribution in [3.05, 3.63) is 23.8 Å². The van der Waals surface area contributed by atoms with E-state index >= 15 is 0 Å². The summed E-state index contributed by atoms with van der Waals surface area (Å²) >= 11 is 0. The Morgan fingerprint density at radius 3 is 2.06 bits per heavy atom. The number of benzene rings is 1. The smallest absolute Gasteiger partial charge is 0.335 e. The molecule has 0 radical (unpaired) electrons. The summed E-state index contributed by atoms with van der Waals surface area (Å²) in [6.07, 6.45) is 0. The Hall–Kier alpha value is -1.71. The number of rotatable bonds is 2. The normalized spacial score (nSPS) is 7.81. The van der Waals surface area contributed by atoms with E-state index in [1.165, 1.54) is 25.3 Å². The van der Waals surface area contributed by atoms with Gasteiger partial charge in [0.1, 0.15) is 0 Å². The molecular formula is C12H20O4. The van der Waals surface area contributed by atoms with Crippen LogP contribution in [-0.4, -0.2) is 23.3 Å². The lowest BCUT2D eigenvalue weighted by Gasteiger charge is -2.02. The number of aromatic carboxylic acids is 1. The van der Waals surface area contributed by atoms with Gasteiger partial charge in [0.15, 0.2) is 11.5 Å². The Kier molecular flexibility index (Phi) is 10.3. The molecule has 0 aliphatic carbocycles. The highest BCUT2D eigenvalue weighted by molar-refractivity contribution is 5.88. The monoisotopic (exact) mass is 228 g/mol. The molecule has 0 atom stereocenters. The second-order valence-electron chi connectivity index (χ2n) is 2.19. The summed E-state index contributed by atoms with van der Waals surface area (Å²) in [6, 6.07) is 3.85. The minimum atomic E-state index is -1.05. The molecule has 0 unspecified atom stereocenters. The van der Waals surface area contributed by atoms with Crippen molar-refractivity contribution in [3.8, 4) is 11.5 Å². The van der Waals surface area contributed by atoms with Crippen LogP contribution < -0.4 is 4.74 Å². The van der Waals surface area contributed by atoms with Gasteiger partial charge in [0, 0.05) is 0 Å². The summed E-state index contributed by atoms with van der Waals surface area (Å²) in [7, 11) is 1.36. The van der Waals surface area contributed by atoms with E-state index in [0.29, 0.717) is 0 Å². The number of carboxylic acid groups (broad SMARTS) is 1. The molecule has 0 fully saturated rings. The lowest BCUT2D eigenvalue weighted by Crippen LogP contribution is -1.96. The Bertz CT molecular complexity index is 308. The van der Waals surface area contributed by atoms with Crippen LogP contribution >= 0.6 is 0 Å². The summed E-state index contributed by atoms with van der Waals surface area (Å²) < 4.78 is 4.72. The van der Waals surface area contributed by atoms with Crippen LogP contribution in [0, 0.1) is 0 Å². The molecule has 1 aromatic rings. The number of carboxylic acids is 1. The van der Waals surface area contributed by atoms with Crippen LogP contribution in [0.2, 0.25) is 0 Å². The zero-order chi connectivity index (χ0) is 13.1. The van der Waals surface area contributed by atoms with Crippen LogP contribution in [0.4, 0.5) is 0 Å². The number of carbonyl (C=O) groups is 1. The van der Waals surface area contributed by atoms with E-state index in [2.05, 4.69) is 0 Å². The van der Waals surface area contributed by atoms with Crippen molar-refractivity contribution in [1.82, 2.24) is 0 Å². The van der Waals surface area contributed by atoms with E-state index in [1.54, 1.807) is 0 Å². The highest BCUT2D eigenvalue weighted by Crippen LogP contribution is 2.25. The molecule has 4 nitrogen and oxygen atoms in total. The van der Waals surface area contributed by atoms with Crippen LogP contribution in [0.25, 0.3) is 0 Å². The predicted molar refractivity (Wildman–Crippen MR) is 64.3 cm³/mol. The van der Waals surface area contributed by atoms with Crippen LogP contribution in [0.5, 0.6) is 11.5 Å². The maximum Gasteiger partial charge on any atom is 0.335 e. The number of methoxy groups -OCH3 is 1. The summed E-state index contributed by atoms with van der Waals surface area (Å²) in [5, 5.41) is 17.7.